The van der Waals surface area contributed by atoms with Gasteiger partial charge in [0.15, 0.2) is 5.41 Å². The third kappa shape index (κ3) is 5.39. The molecule has 1 atom stereocenters. The molecule has 86 valence electrons. The molecule has 0 aromatic carbocycles. The molecule has 1 heterocycles. The number of ether oxygens (including phenoxy) is 1. The predicted molar refractivity (Wildman–Crippen MR) is 62.3 cm³/mol. The van der Waals surface area contributed by atoms with Gasteiger partial charge in [0.25, 0.3) is 0 Å². The Balaban J connectivity index is 0.00000196. The van der Waals surface area contributed by atoms with Gasteiger partial charge in [0.1, 0.15) is 0 Å². The van der Waals surface area contributed by atoms with Crippen molar-refractivity contribution in [2.45, 2.75) is 24.7 Å². The first-order chi connectivity index (χ1) is 6.54. The first-order valence-corrected chi connectivity index (χ1v) is 7.06. The number of phosphoric ester groups is 1. The van der Waals surface area contributed by atoms with Crippen molar-refractivity contribution in [2.75, 3.05) is 20.8 Å². The van der Waals surface area contributed by atoms with Gasteiger partial charge in [-0.3, -0.25) is 13.6 Å². The molecule has 0 aromatic rings. The van der Waals surface area contributed by atoms with Gasteiger partial charge in [-0.1, -0.05) is 0 Å². The molecule has 0 aliphatic carbocycles. The van der Waals surface area contributed by atoms with Crippen LogP contribution in [0.3, 0.4) is 0 Å². The predicted octanol–water partition coefficient (Wildman–Crippen LogP) is -0.0249. The monoisotopic (exact) mass is 280 g/mol. The Morgan fingerprint density at radius 2 is 1.93 bits per heavy atom. The van der Waals surface area contributed by atoms with Gasteiger partial charge in [-0.2, -0.15) is 0 Å². The van der Waals surface area contributed by atoms with Crippen LogP contribution in [0.4, 0.5) is 0 Å². The molecule has 0 bridgehead atoms. The van der Waals surface area contributed by atoms with E-state index in [2.05, 4.69) is 0 Å². The summed E-state index contributed by atoms with van der Waals surface area (Å²) in [4.78, 5) is 0. The van der Waals surface area contributed by atoms with Gasteiger partial charge in [0.2, 0.25) is 0 Å². The fourth-order valence-electron chi connectivity index (χ4n) is 1.37. The van der Waals surface area contributed by atoms with E-state index in [0.29, 0.717) is 16.8 Å². The second-order valence-electron chi connectivity index (χ2n) is 3.34. The van der Waals surface area contributed by atoms with E-state index in [9.17, 15) is 4.57 Å². The Bertz CT molecular complexity index is 225. The zero-order valence-electron chi connectivity index (χ0n) is 8.82. The zero-order chi connectivity index (χ0) is 10.7. The van der Waals surface area contributed by atoms with E-state index >= 15 is 0 Å². The average Bonchev–Trinajstić information content (AvgIpc) is 2.18. The zero-order valence-corrected chi connectivity index (χ0v) is 11.7. The van der Waals surface area contributed by atoms with E-state index in [0.717, 1.165) is 19.3 Å². The van der Waals surface area contributed by atoms with Crippen molar-refractivity contribution in [2.24, 2.45) is 0 Å². The topological polar surface area (TPSA) is 54.0 Å². The van der Waals surface area contributed by atoms with E-state index in [1.165, 1.54) is 14.2 Å². The van der Waals surface area contributed by atoms with Crippen LogP contribution in [-0.2, 0) is 22.9 Å². The summed E-state index contributed by atoms with van der Waals surface area (Å²) in [6.07, 6.45) is 2.81. The number of phosphoric acid groups is 1. The Morgan fingerprint density at radius 3 is 2.33 bits per heavy atom. The molecule has 0 aromatic heterocycles. The van der Waals surface area contributed by atoms with Gasteiger partial charge >= 0.3 is 59.2 Å². The van der Waals surface area contributed by atoms with Crippen molar-refractivity contribution in [1.82, 2.24) is 0 Å². The molecule has 1 aliphatic rings. The summed E-state index contributed by atoms with van der Waals surface area (Å²) in [5.41, 5.74) is -0.709. The molecule has 8 heteroatoms. The van der Waals surface area contributed by atoms with Crippen molar-refractivity contribution in [1.29, 1.82) is 0 Å². The molecule has 1 aliphatic heterocycles. The molecule has 1 fully saturated rings. The third-order valence-corrected chi connectivity index (χ3v) is 5.03. The maximum absolute atomic E-state index is 11.7. The molecule has 1 saturated heterocycles. The Hall–Kier alpha value is 1.92. The molecule has 1 unspecified atom stereocenters. The van der Waals surface area contributed by atoms with E-state index in [1.54, 1.807) is 0 Å². The summed E-state index contributed by atoms with van der Waals surface area (Å²) < 4.78 is 31.9. The van der Waals surface area contributed by atoms with Crippen molar-refractivity contribution < 1.29 is 22.9 Å². The van der Waals surface area contributed by atoms with Crippen molar-refractivity contribution in [3.05, 3.63) is 0 Å². The number of hydrogen-bond acceptors (Lipinski definition) is 5. The van der Waals surface area contributed by atoms with E-state index in [-0.39, 0.29) is 51.4 Å². The number of rotatable bonds is 4. The molecular weight excluding hydrogens is 262 g/mol. The standard InChI is InChI=1S/C7H17O5PSi.K.H/c1-9-13(8,10-2)12-7(14)5-3-4-6-11-7;;/h3-6H2,1-2,14H3;;. The summed E-state index contributed by atoms with van der Waals surface area (Å²) in [5, 5.41) is 0. The molecule has 0 radical (unpaired) electrons. The summed E-state index contributed by atoms with van der Waals surface area (Å²) in [6, 6.07) is 0. The van der Waals surface area contributed by atoms with Crippen molar-refractivity contribution in [3.63, 3.8) is 0 Å². The van der Waals surface area contributed by atoms with E-state index in [4.69, 9.17) is 18.3 Å². The van der Waals surface area contributed by atoms with Crippen LogP contribution in [-0.4, -0.2) is 87.9 Å². The first kappa shape index (κ1) is 16.9. The van der Waals surface area contributed by atoms with Gasteiger partial charge in [-0.15, -0.1) is 0 Å². The summed E-state index contributed by atoms with van der Waals surface area (Å²) in [6.45, 7) is 0.650. The molecule has 0 amide bonds. The molecule has 1 rings (SSSR count). The van der Waals surface area contributed by atoms with E-state index in [1.807, 2.05) is 0 Å². The molecule has 0 saturated carbocycles. The van der Waals surface area contributed by atoms with Gasteiger partial charge in [0.05, 0.1) is 10.2 Å². The first-order valence-electron chi connectivity index (χ1n) is 4.60. The quantitative estimate of drug-likeness (QED) is 0.535. The van der Waals surface area contributed by atoms with Gasteiger partial charge in [-0.05, 0) is 19.3 Å². The van der Waals surface area contributed by atoms with E-state index < -0.39 is 13.2 Å². The van der Waals surface area contributed by atoms with Crippen LogP contribution in [0.2, 0.25) is 0 Å². The summed E-state index contributed by atoms with van der Waals surface area (Å²) in [7, 11) is -0.155. The fourth-order valence-corrected chi connectivity index (χ4v) is 3.51. The van der Waals surface area contributed by atoms with Crippen molar-refractivity contribution in [3.8, 4) is 0 Å². The van der Waals surface area contributed by atoms with Crippen LogP contribution < -0.4 is 0 Å². The summed E-state index contributed by atoms with van der Waals surface area (Å²) >= 11 is 0. The maximum atomic E-state index is 11.7. The van der Waals surface area contributed by atoms with Crippen LogP contribution in [0.15, 0.2) is 0 Å². The molecular formula is C7H18KO5PSi. The minimum absolute atomic E-state index is 0. The van der Waals surface area contributed by atoms with Gasteiger partial charge in [-0.25, -0.2) is 4.57 Å². The molecule has 0 spiro atoms. The minimum atomic E-state index is -3.41. The third-order valence-electron chi connectivity index (χ3n) is 2.18. The average molecular weight is 280 g/mol. The van der Waals surface area contributed by atoms with Gasteiger partial charge in [0, 0.05) is 20.8 Å². The van der Waals surface area contributed by atoms with Crippen LogP contribution in [0.5, 0.6) is 0 Å². The molecule has 5 nitrogen and oxygen atoms in total. The van der Waals surface area contributed by atoms with Crippen LogP contribution in [0.1, 0.15) is 19.3 Å². The second-order valence-corrected chi connectivity index (χ2v) is 6.67. The molecule has 0 N–H and O–H groups in total. The SMILES string of the molecule is COP(=O)(OC)OC1([SiH3])CCCCO1.[KH]. The van der Waals surface area contributed by atoms with Crippen molar-refractivity contribution >= 4 is 69.4 Å². The Labute approximate surface area is 136 Å². The Kier molecular flexibility index (Phi) is 8.32. The van der Waals surface area contributed by atoms with Crippen LogP contribution in [0, 0.1) is 0 Å². The van der Waals surface area contributed by atoms with Crippen LogP contribution in [0.25, 0.3) is 0 Å². The normalized spacial score (nSPS) is 27.3. The number of hydrogen-bond donors (Lipinski definition) is 0. The second kappa shape index (κ2) is 7.38. The molecule has 15 heavy (non-hydrogen) atoms. The van der Waals surface area contributed by atoms with Gasteiger partial charge < -0.3 is 4.74 Å². The summed E-state index contributed by atoms with van der Waals surface area (Å²) in [5.74, 6) is 0. The fraction of sp³-hybridized carbons (Fsp3) is 1.00. The van der Waals surface area contributed by atoms with Crippen LogP contribution >= 0.6 is 7.82 Å². The Morgan fingerprint density at radius 1 is 1.33 bits per heavy atom.